The van der Waals surface area contributed by atoms with E-state index >= 15 is 0 Å². The molecule has 4 heteroatoms. The van der Waals surface area contributed by atoms with Crippen molar-refractivity contribution >= 4 is 11.9 Å². The highest BCUT2D eigenvalue weighted by Gasteiger charge is 2.38. The minimum Gasteiger partial charge on any atom is -0.481 e. The van der Waals surface area contributed by atoms with Crippen molar-refractivity contribution in [3.05, 3.63) is 0 Å². The van der Waals surface area contributed by atoms with Gasteiger partial charge in [0.15, 0.2) is 0 Å². The standard InChI is InChI=1S/C13H23NO3/c1-9(2)13(3,12(16)17)7-11(15)14-8-10-5-4-6-10/h9-10H,4-8H2,1-3H3,(H,14,15)(H,16,17). The van der Waals surface area contributed by atoms with Crippen LogP contribution in [0.15, 0.2) is 0 Å². The molecule has 17 heavy (non-hydrogen) atoms. The SMILES string of the molecule is CC(C)C(C)(CC(=O)NCC1CCC1)C(=O)O. The molecule has 0 radical (unpaired) electrons. The minimum atomic E-state index is -0.969. The fourth-order valence-electron chi connectivity index (χ4n) is 1.88. The van der Waals surface area contributed by atoms with Crippen molar-refractivity contribution in [2.75, 3.05) is 6.54 Å². The molecule has 0 aromatic rings. The van der Waals surface area contributed by atoms with Crippen LogP contribution < -0.4 is 5.32 Å². The van der Waals surface area contributed by atoms with E-state index < -0.39 is 11.4 Å². The van der Waals surface area contributed by atoms with Crippen molar-refractivity contribution in [2.45, 2.75) is 46.5 Å². The quantitative estimate of drug-likeness (QED) is 0.748. The van der Waals surface area contributed by atoms with Crippen molar-refractivity contribution in [1.82, 2.24) is 5.32 Å². The molecule has 0 spiro atoms. The molecule has 1 atom stereocenters. The van der Waals surface area contributed by atoms with Crippen molar-refractivity contribution in [1.29, 1.82) is 0 Å². The number of aliphatic carboxylic acids is 1. The molecule has 0 aromatic heterocycles. The molecule has 0 saturated heterocycles. The zero-order chi connectivity index (χ0) is 13.1. The molecule has 1 aliphatic rings. The van der Waals surface area contributed by atoms with Crippen LogP contribution in [0.5, 0.6) is 0 Å². The van der Waals surface area contributed by atoms with Gasteiger partial charge in [0.05, 0.1) is 5.41 Å². The zero-order valence-corrected chi connectivity index (χ0v) is 11.0. The Balaban J connectivity index is 2.43. The summed E-state index contributed by atoms with van der Waals surface area (Å²) in [4.78, 5) is 23.0. The Morgan fingerprint density at radius 1 is 1.41 bits per heavy atom. The first-order chi connectivity index (χ1) is 7.86. The summed E-state index contributed by atoms with van der Waals surface area (Å²) in [5.41, 5.74) is -0.969. The lowest BCUT2D eigenvalue weighted by molar-refractivity contribution is -0.153. The van der Waals surface area contributed by atoms with Gasteiger partial charge in [0, 0.05) is 13.0 Å². The van der Waals surface area contributed by atoms with Crippen molar-refractivity contribution < 1.29 is 14.7 Å². The lowest BCUT2D eigenvalue weighted by Crippen LogP contribution is -2.40. The van der Waals surface area contributed by atoms with E-state index in [0.717, 1.165) is 0 Å². The third-order valence-electron chi connectivity index (χ3n) is 4.10. The molecule has 4 nitrogen and oxygen atoms in total. The molecule has 0 bridgehead atoms. The summed E-state index contributed by atoms with van der Waals surface area (Å²) in [6.07, 6.45) is 3.67. The monoisotopic (exact) mass is 241 g/mol. The van der Waals surface area contributed by atoms with Gasteiger partial charge in [0.25, 0.3) is 0 Å². The molecule has 0 aliphatic heterocycles. The number of carbonyl (C=O) groups is 2. The van der Waals surface area contributed by atoms with E-state index in [1.807, 2.05) is 13.8 Å². The van der Waals surface area contributed by atoms with Gasteiger partial charge >= 0.3 is 5.97 Å². The topological polar surface area (TPSA) is 66.4 Å². The second-order valence-corrected chi connectivity index (χ2v) is 5.66. The van der Waals surface area contributed by atoms with E-state index in [9.17, 15) is 14.7 Å². The molecule has 1 aliphatic carbocycles. The maximum Gasteiger partial charge on any atom is 0.310 e. The van der Waals surface area contributed by atoms with Gasteiger partial charge in [0.1, 0.15) is 0 Å². The maximum atomic E-state index is 11.7. The van der Waals surface area contributed by atoms with E-state index in [4.69, 9.17) is 0 Å². The van der Waals surface area contributed by atoms with E-state index in [2.05, 4.69) is 5.32 Å². The number of hydrogen-bond donors (Lipinski definition) is 2. The summed E-state index contributed by atoms with van der Waals surface area (Å²) in [6.45, 7) is 6.02. The summed E-state index contributed by atoms with van der Waals surface area (Å²) in [6, 6.07) is 0. The summed E-state index contributed by atoms with van der Waals surface area (Å²) >= 11 is 0. The molecule has 1 saturated carbocycles. The lowest BCUT2D eigenvalue weighted by atomic mass is 9.76. The average Bonchev–Trinajstić information content (AvgIpc) is 2.14. The number of rotatable bonds is 6. The van der Waals surface area contributed by atoms with Crippen LogP contribution in [0.3, 0.4) is 0 Å². The van der Waals surface area contributed by atoms with Crippen molar-refractivity contribution in [3.8, 4) is 0 Å². The van der Waals surface area contributed by atoms with E-state index in [1.165, 1.54) is 19.3 Å². The largest absolute Gasteiger partial charge is 0.481 e. The van der Waals surface area contributed by atoms with Crippen LogP contribution in [0, 0.1) is 17.3 Å². The van der Waals surface area contributed by atoms with Gasteiger partial charge in [-0.2, -0.15) is 0 Å². The highest BCUT2D eigenvalue weighted by molar-refractivity contribution is 5.84. The Morgan fingerprint density at radius 2 is 2.00 bits per heavy atom. The van der Waals surface area contributed by atoms with Crippen LogP contribution in [-0.2, 0) is 9.59 Å². The van der Waals surface area contributed by atoms with Crippen LogP contribution in [0.1, 0.15) is 46.5 Å². The lowest BCUT2D eigenvalue weighted by Gasteiger charge is -2.29. The molecule has 1 fully saturated rings. The second kappa shape index (κ2) is 5.52. The Hall–Kier alpha value is -1.06. The van der Waals surface area contributed by atoms with Gasteiger partial charge in [-0.15, -0.1) is 0 Å². The first kappa shape index (κ1) is 14.0. The number of amides is 1. The first-order valence-electron chi connectivity index (χ1n) is 6.36. The van der Waals surface area contributed by atoms with Crippen LogP contribution in [-0.4, -0.2) is 23.5 Å². The predicted molar refractivity (Wildman–Crippen MR) is 65.5 cm³/mol. The molecular weight excluding hydrogens is 218 g/mol. The number of nitrogens with one attached hydrogen (secondary N) is 1. The molecule has 98 valence electrons. The Labute approximate surface area is 103 Å². The Morgan fingerprint density at radius 3 is 2.35 bits per heavy atom. The van der Waals surface area contributed by atoms with Crippen LogP contribution in [0.4, 0.5) is 0 Å². The number of carboxylic acids is 1. The van der Waals surface area contributed by atoms with Crippen LogP contribution in [0.25, 0.3) is 0 Å². The summed E-state index contributed by atoms with van der Waals surface area (Å²) in [5, 5.41) is 12.1. The molecule has 0 aromatic carbocycles. The molecular formula is C13H23NO3. The van der Waals surface area contributed by atoms with E-state index in [1.54, 1.807) is 6.92 Å². The van der Waals surface area contributed by atoms with Crippen molar-refractivity contribution in [2.24, 2.45) is 17.3 Å². The number of hydrogen-bond acceptors (Lipinski definition) is 2. The molecule has 2 N–H and O–H groups in total. The normalized spacial score (nSPS) is 19.5. The van der Waals surface area contributed by atoms with Gasteiger partial charge < -0.3 is 10.4 Å². The molecule has 1 unspecified atom stereocenters. The average molecular weight is 241 g/mol. The fraction of sp³-hybridized carbons (Fsp3) is 0.846. The van der Waals surface area contributed by atoms with Crippen molar-refractivity contribution in [3.63, 3.8) is 0 Å². The highest BCUT2D eigenvalue weighted by atomic mass is 16.4. The van der Waals surface area contributed by atoms with Gasteiger partial charge in [-0.3, -0.25) is 9.59 Å². The minimum absolute atomic E-state index is 0.0607. The van der Waals surface area contributed by atoms with Gasteiger partial charge in [-0.1, -0.05) is 20.3 Å². The molecule has 1 amide bonds. The smallest absolute Gasteiger partial charge is 0.310 e. The third kappa shape index (κ3) is 3.45. The van der Waals surface area contributed by atoms with Crippen LogP contribution >= 0.6 is 0 Å². The third-order valence-corrected chi connectivity index (χ3v) is 4.10. The summed E-state index contributed by atoms with van der Waals surface area (Å²) in [7, 11) is 0. The maximum absolute atomic E-state index is 11.7. The summed E-state index contributed by atoms with van der Waals surface area (Å²) < 4.78 is 0. The zero-order valence-electron chi connectivity index (χ0n) is 11.0. The fourth-order valence-corrected chi connectivity index (χ4v) is 1.88. The van der Waals surface area contributed by atoms with Crippen LogP contribution in [0.2, 0.25) is 0 Å². The van der Waals surface area contributed by atoms with Gasteiger partial charge in [0.2, 0.25) is 5.91 Å². The summed E-state index contributed by atoms with van der Waals surface area (Å²) in [5.74, 6) is -0.495. The number of carbonyl (C=O) groups excluding carboxylic acids is 1. The Bertz CT molecular complexity index is 297. The predicted octanol–water partition coefficient (Wildman–Crippen LogP) is 2.04. The molecule has 0 heterocycles. The second-order valence-electron chi connectivity index (χ2n) is 5.66. The Kier molecular flexibility index (Phi) is 4.54. The van der Waals surface area contributed by atoms with E-state index in [0.29, 0.717) is 12.5 Å². The van der Waals surface area contributed by atoms with E-state index in [-0.39, 0.29) is 18.2 Å². The first-order valence-corrected chi connectivity index (χ1v) is 6.36. The molecule has 1 rings (SSSR count). The number of carboxylic acid groups (broad SMARTS) is 1. The van der Waals surface area contributed by atoms with Gasteiger partial charge in [-0.05, 0) is 31.6 Å². The van der Waals surface area contributed by atoms with Gasteiger partial charge in [-0.25, -0.2) is 0 Å². The highest BCUT2D eigenvalue weighted by Crippen LogP contribution is 2.31.